The highest BCUT2D eigenvalue weighted by atomic mass is 16.4. The van der Waals surface area contributed by atoms with E-state index in [1.165, 1.54) is 12.0 Å². The largest absolute Gasteiger partial charge is 0.481 e. The molecule has 0 aliphatic carbocycles. The molecule has 0 atom stereocenters. The Morgan fingerprint density at radius 2 is 2.06 bits per heavy atom. The van der Waals surface area contributed by atoms with Crippen LogP contribution in [0.15, 0.2) is 35.1 Å². The molecule has 0 aliphatic rings. The van der Waals surface area contributed by atoms with Gasteiger partial charge in [-0.3, -0.25) is 4.79 Å². The van der Waals surface area contributed by atoms with Gasteiger partial charge in [-0.05, 0) is 6.92 Å². The first kappa shape index (κ1) is 11.4. The summed E-state index contributed by atoms with van der Waals surface area (Å²) in [6.45, 7) is 2.01. The molecule has 2 rings (SSSR count). The van der Waals surface area contributed by atoms with Crippen LogP contribution < -0.4 is 0 Å². The molecule has 1 aromatic carbocycles. The van der Waals surface area contributed by atoms with E-state index < -0.39 is 5.97 Å². The highest BCUT2D eigenvalue weighted by Crippen LogP contribution is 2.23. The van der Waals surface area contributed by atoms with E-state index in [2.05, 4.69) is 4.98 Å². The summed E-state index contributed by atoms with van der Waals surface area (Å²) in [6, 6.07) is 7.89. The molecule has 0 radical (unpaired) electrons. The summed E-state index contributed by atoms with van der Waals surface area (Å²) in [5.74, 6) is -0.215. The topological polar surface area (TPSA) is 63.3 Å². The van der Waals surface area contributed by atoms with Crippen LogP contribution >= 0.6 is 0 Å². The summed E-state index contributed by atoms with van der Waals surface area (Å²) in [5, 5.41) is 8.65. The minimum Gasteiger partial charge on any atom is -0.481 e. The van der Waals surface area contributed by atoms with Crippen molar-refractivity contribution < 1.29 is 14.3 Å². The van der Waals surface area contributed by atoms with Gasteiger partial charge in [-0.25, -0.2) is 4.98 Å². The molecule has 88 valence electrons. The first-order valence-corrected chi connectivity index (χ1v) is 5.38. The van der Waals surface area contributed by atoms with E-state index in [0.717, 1.165) is 11.3 Å². The number of aromatic nitrogens is 1. The van der Waals surface area contributed by atoms with Crippen molar-refractivity contribution in [2.24, 2.45) is 0 Å². The SMILES string of the molecule is Cc1ccc(-c2ncoc2CCC(=O)O)cc1. The second-order valence-electron chi connectivity index (χ2n) is 3.88. The number of hydrogen-bond acceptors (Lipinski definition) is 3. The Balaban J connectivity index is 2.24. The van der Waals surface area contributed by atoms with Gasteiger partial charge in [0.1, 0.15) is 11.5 Å². The fraction of sp³-hybridized carbons (Fsp3) is 0.231. The number of oxazole rings is 1. The van der Waals surface area contributed by atoms with Gasteiger partial charge < -0.3 is 9.52 Å². The average Bonchev–Trinajstić information content (AvgIpc) is 2.75. The van der Waals surface area contributed by atoms with Crippen LogP contribution in [0.1, 0.15) is 17.7 Å². The number of aryl methyl sites for hydroxylation is 2. The van der Waals surface area contributed by atoms with Crippen molar-refractivity contribution in [3.8, 4) is 11.3 Å². The van der Waals surface area contributed by atoms with Crippen molar-refractivity contribution >= 4 is 5.97 Å². The minimum atomic E-state index is -0.837. The van der Waals surface area contributed by atoms with Crippen LogP contribution in [0, 0.1) is 6.92 Å². The number of nitrogens with zero attached hydrogens (tertiary/aromatic N) is 1. The Morgan fingerprint density at radius 1 is 1.35 bits per heavy atom. The molecule has 0 fully saturated rings. The van der Waals surface area contributed by atoms with E-state index in [9.17, 15) is 4.79 Å². The molecule has 0 aliphatic heterocycles. The maximum absolute atomic E-state index is 10.5. The van der Waals surface area contributed by atoms with Gasteiger partial charge in [-0.15, -0.1) is 0 Å². The maximum atomic E-state index is 10.5. The Morgan fingerprint density at radius 3 is 2.71 bits per heavy atom. The van der Waals surface area contributed by atoms with Crippen molar-refractivity contribution in [3.63, 3.8) is 0 Å². The molecule has 1 N–H and O–H groups in total. The zero-order valence-corrected chi connectivity index (χ0v) is 9.51. The summed E-state index contributed by atoms with van der Waals surface area (Å²) in [5.41, 5.74) is 2.85. The third-order valence-corrected chi connectivity index (χ3v) is 2.53. The van der Waals surface area contributed by atoms with Crippen molar-refractivity contribution in [1.82, 2.24) is 4.98 Å². The lowest BCUT2D eigenvalue weighted by Gasteiger charge is -2.00. The monoisotopic (exact) mass is 231 g/mol. The van der Waals surface area contributed by atoms with Gasteiger partial charge in [0.15, 0.2) is 6.39 Å². The maximum Gasteiger partial charge on any atom is 0.303 e. The number of benzene rings is 1. The van der Waals surface area contributed by atoms with Crippen molar-refractivity contribution in [3.05, 3.63) is 42.0 Å². The predicted octanol–water partition coefficient (Wildman–Crippen LogP) is 2.67. The smallest absolute Gasteiger partial charge is 0.303 e. The first-order chi connectivity index (χ1) is 8.16. The van der Waals surface area contributed by atoms with E-state index in [-0.39, 0.29) is 6.42 Å². The molecule has 0 spiro atoms. The predicted molar refractivity (Wildman–Crippen MR) is 62.6 cm³/mol. The van der Waals surface area contributed by atoms with E-state index >= 15 is 0 Å². The van der Waals surface area contributed by atoms with E-state index in [0.29, 0.717) is 12.2 Å². The molecule has 1 heterocycles. The molecule has 0 saturated carbocycles. The zero-order chi connectivity index (χ0) is 12.3. The van der Waals surface area contributed by atoms with Crippen LogP contribution in [0.25, 0.3) is 11.3 Å². The summed E-state index contributed by atoms with van der Waals surface area (Å²) in [4.78, 5) is 14.7. The quantitative estimate of drug-likeness (QED) is 0.878. The third kappa shape index (κ3) is 2.72. The molecule has 2 aromatic rings. The fourth-order valence-electron chi connectivity index (χ4n) is 1.62. The molecule has 0 unspecified atom stereocenters. The van der Waals surface area contributed by atoms with Gasteiger partial charge in [-0.2, -0.15) is 0 Å². The molecule has 0 saturated heterocycles. The summed E-state index contributed by atoms with van der Waals surface area (Å²) in [6.07, 6.45) is 1.76. The number of rotatable bonds is 4. The van der Waals surface area contributed by atoms with Gasteiger partial charge in [0.2, 0.25) is 0 Å². The molecule has 1 aromatic heterocycles. The van der Waals surface area contributed by atoms with Crippen LogP contribution in [0.2, 0.25) is 0 Å². The van der Waals surface area contributed by atoms with Gasteiger partial charge in [0.25, 0.3) is 0 Å². The summed E-state index contributed by atoms with van der Waals surface area (Å²) >= 11 is 0. The molecule has 0 bridgehead atoms. The number of carboxylic acids is 1. The molecule has 4 heteroatoms. The molecular formula is C13H13NO3. The fourth-order valence-corrected chi connectivity index (χ4v) is 1.62. The van der Waals surface area contributed by atoms with E-state index in [1.54, 1.807) is 0 Å². The normalized spacial score (nSPS) is 10.4. The summed E-state index contributed by atoms with van der Waals surface area (Å²) < 4.78 is 5.23. The molecule has 0 amide bonds. The van der Waals surface area contributed by atoms with Crippen LogP contribution in [-0.2, 0) is 11.2 Å². The van der Waals surface area contributed by atoms with Crippen LogP contribution in [0.5, 0.6) is 0 Å². The van der Waals surface area contributed by atoms with Crippen LogP contribution in [0.3, 0.4) is 0 Å². The van der Waals surface area contributed by atoms with E-state index in [1.807, 2.05) is 31.2 Å². The third-order valence-electron chi connectivity index (χ3n) is 2.53. The van der Waals surface area contributed by atoms with E-state index in [4.69, 9.17) is 9.52 Å². The number of aliphatic carboxylic acids is 1. The van der Waals surface area contributed by atoms with Crippen LogP contribution in [-0.4, -0.2) is 16.1 Å². The highest BCUT2D eigenvalue weighted by Gasteiger charge is 2.11. The minimum absolute atomic E-state index is 0.0497. The second kappa shape index (κ2) is 4.82. The lowest BCUT2D eigenvalue weighted by Crippen LogP contribution is -1.97. The number of hydrogen-bond donors (Lipinski definition) is 1. The molecule has 17 heavy (non-hydrogen) atoms. The van der Waals surface area contributed by atoms with Gasteiger partial charge in [0, 0.05) is 12.0 Å². The van der Waals surface area contributed by atoms with Crippen molar-refractivity contribution in [1.29, 1.82) is 0 Å². The van der Waals surface area contributed by atoms with Gasteiger partial charge in [-0.1, -0.05) is 29.8 Å². The zero-order valence-electron chi connectivity index (χ0n) is 9.51. The lowest BCUT2D eigenvalue weighted by molar-refractivity contribution is -0.137. The second-order valence-corrected chi connectivity index (χ2v) is 3.88. The van der Waals surface area contributed by atoms with Crippen molar-refractivity contribution in [2.45, 2.75) is 19.8 Å². The van der Waals surface area contributed by atoms with Gasteiger partial charge in [0.05, 0.1) is 6.42 Å². The molecule has 4 nitrogen and oxygen atoms in total. The lowest BCUT2D eigenvalue weighted by atomic mass is 10.1. The highest BCUT2D eigenvalue weighted by molar-refractivity contribution is 5.68. The number of carbonyl (C=O) groups is 1. The molecular weight excluding hydrogens is 218 g/mol. The Labute approximate surface area is 98.9 Å². The summed E-state index contributed by atoms with van der Waals surface area (Å²) in [7, 11) is 0. The van der Waals surface area contributed by atoms with Crippen LogP contribution in [0.4, 0.5) is 0 Å². The Bertz CT molecular complexity index is 514. The number of carboxylic acid groups (broad SMARTS) is 1. The standard InChI is InChI=1S/C13H13NO3/c1-9-2-4-10(5-3-9)13-11(17-8-14-13)6-7-12(15)16/h2-5,8H,6-7H2,1H3,(H,15,16). The van der Waals surface area contributed by atoms with Gasteiger partial charge >= 0.3 is 5.97 Å². The first-order valence-electron chi connectivity index (χ1n) is 5.38. The Hall–Kier alpha value is -2.10. The average molecular weight is 231 g/mol. The van der Waals surface area contributed by atoms with Crippen molar-refractivity contribution in [2.75, 3.05) is 0 Å². The Kier molecular flexibility index (Phi) is 3.23.